The number of carbonyl (C=O) groups is 1. The highest BCUT2D eigenvalue weighted by molar-refractivity contribution is 9.10. The molecule has 0 bridgehead atoms. The van der Waals surface area contributed by atoms with Gasteiger partial charge in [-0.3, -0.25) is 4.79 Å². The van der Waals surface area contributed by atoms with Crippen LogP contribution in [0.5, 0.6) is 0 Å². The van der Waals surface area contributed by atoms with E-state index in [1.165, 1.54) is 12.1 Å². The van der Waals surface area contributed by atoms with E-state index in [2.05, 4.69) is 21.2 Å². The summed E-state index contributed by atoms with van der Waals surface area (Å²) < 4.78 is 13.6. The van der Waals surface area contributed by atoms with Gasteiger partial charge in [0.1, 0.15) is 5.82 Å². The molecule has 0 saturated carbocycles. The summed E-state index contributed by atoms with van der Waals surface area (Å²) >= 11 is 3.14. The maximum Gasteiger partial charge on any atom is 0.251 e. The fourth-order valence-electron chi connectivity index (χ4n) is 1.53. The second-order valence-electron chi connectivity index (χ2n) is 4.34. The number of aliphatic hydroxyl groups is 1. The lowest BCUT2D eigenvalue weighted by molar-refractivity contribution is 0.0951. The molecule has 1 rings (SSSR count). The van der Waals surface area contributed by atoms with Gasteiger partial charge in [0.15, 0.2) is 0 Å². The fourth-order valence-corrected chi connectivity index (χ4v) is 2.00. The highest BCUT2D eigenvalue weighted by atomic mass is 79.9. The molecular weight excluding hydrogens is 301 g/mol. The topological polar surface area (TPSA) is 49.3 Å². The van der Waals surface area contributed by atoms with Crippen molar-refractivity contribution in [3.63, 3.8) is 0 Å². The molecule has 0 aliphatic rings. The second-order valence-corrected chi connectivity index (χ2v) is 5.26. The molecule has 3 nitrogen and oxygen atoms in total. The molecule has 0 aliphatic carbocycles. The number of benzene rings is 1. The summed E-state index contributed by atoms with van der Waals surface area (Å²) in [5.41, 5.74) is 0.303. The average molecular weight is 318 g/mol. The van der Waals surface area contributed by atoms with Crippen LogP contribution in [0.2, 0.25) is 0 Å². The zero-order valence-corrected chi connectivity index (χ0v) is 11.8. The maximum atomic E-state index is 13.1. The first-order valence-corrected chi connectivity index (χ1v) is 6.67. The number of aliphatic hydroxyl groups excluding tert-OH is 1. The SMILES string of the molecule is CC(CO)CCCNC(=O)c1cc(F)cc(Br)c1. The van der Waals surface area contributed by atoms with Gasteiger partial charge in [0.05, 0.1) is 0 Å². The first-order valence-electron chi connectivity index (χ1n) is 5.88. The van der Waals surface area contributed by atoms with E-state index in [0.717, 1.165) is 12.8 Å². The van der Waals surface area contributed by atoms with Gasteiger partial charge in [0.25, 0.3) is 5.91 Å². The third-order valence-corrected chi connectivity index (χ3v) is 3.05. The van der Waals surface area contributed by atoms with Crippen molar-refractivity contribution in [2.24, 2.45) is 5.92 Å². The Kier molecular flexibility index (Phi) is 6.29. The normalized spacial score (nSPS) is 12.2. The smallest absolute Gasteiger partial charge is 0.251 e. The Morgan fingerprint density at radius 1 is 1.50 bits per heavy atom. The molecule has 100 valence electrons. The quantitative estimate of drug-likeness (QED) is 0.793. The van der Waals surface area contributed by atoms with Gasteiger partial charge in [-0.05, 0) is 37.0 Å². The van der Waals surface area contributed by atoms with Crippen LogP contribution in [0.4, 0.5) is 4.39 Å². The predicted octanol–water partition coefficient (Wildman–Crippen LogP) is 2.73. The van der Waals surface area contributed by atoms with Gasteiger partial charge >= 0.3 is 0 Å². The Morgan fingerprint density at radius 3 is 2.83 bits per heavy atom. The van der Waals surface area contributed by atoms with Crippen molar-refractivity contribution in [3.05, 3.63) is 34.1 Å². The maximum absolute atomic E-state index is 13.1. The molecule has 0 spiro atoms. The summed E-state index contributed by atoms with van der Waals surface area (Å²) in [6.45, 7) is 2.63. The van der Waals surface area contributed by atoms with E-state index in [4.69, 9.17) is 5.11 Å². The van der Waals surface area contributed by atoms with Gasteiger partial charge in [-0.2, -0.15) is 0 Å². The van der Waals surface area contributed by atoms with Crippen molar-refractivity contribution in [2.75, 3.05) is 13.2 Å². The van der Waals surface area contributed by atoms with E-state index in [0.29, 0.717) is 16.6 Å². The highest BCUT2D eigenvalue weighted by Gasteiger charge is 2.08. The number of hydrogen-bond acceptors (Lipinski definition) is 2. The molecular formula is C13H17BrFNO2. The summed E-state index contributed by atoms with van der Waals surface area (Å²) in [7, 11) is 0. The number of rotatable bonds is 6. The van der Waals surface area contributed by atoms with E-state index in [-0.39, 0.29) is 18.4 Å². The van der Waals surface area contributed by atoms with Crippen molar-refractivity contribution >= 4 is 21.8 Å². The highest BCUT2D eigenvalue weighted by Crippen LogP contribution is 2.14. The number of hydrogen-bond donors (Lipinski definition) is 2. The zero-order chi connectivity index (χ0) is 13.5. The minimum absolute atomic E-state index is 0.158. The summed E-state index contributed by atoms with van der Waals surface area (Å²) in [5, 5.41) is 11.6. The summed E-state index contributed by atoms with van der Waals surface area (Å²) in [4.78, 5) is 11.7. The van der Waals surface area contributed by atoms with E-state index in [1.54, 1.807) is 6.07 Å². The number of carbonyl (C=O) groups excluding carboxylic acids is 1. The number of nitrogens with one attached hydrogen (secondary N) is 1. The molecule has 1 atom stereocenters. The molecule has 0 aromatic heterocycles. The van der Waals surface area contributed by atoms with Crippen LogP contribution in [0, 0.1) is 11.7 Å². The van der Waals surface area contributed by atoms with Crippen molar-refractivity contribution in [3.8, 4) is 0 Å². The minimum Gasteiger partial charge on any atom is -0.396 e. The van der Waals surface area contributed by atoms with E-state index < -0.39 is 5.82 Å². The number of amides is 1. The molecule has 18 heavy (non-hydrogen) atoms. The first-order chi connectivity index (χ1) is 8.52. The number of halogens is 2. The molecule has 1 unspecified atom stereocenters. The predicted molar refractivity (Wildman–Crippen MR) is 71.9 cm³/mol. The summed E-state index contributed by atoms with van der Waals surface area (Å²) in [6.07, 6.45) is 1.65. The van der Waals surface area contributed by atoms with Crippen LogP contribution in [0.3, 0.4) is 0 Å². The molecule has 0 heterocycles. The zero-order valence-electron chi connectivity index (χ0n) is 10.2. The summed E-state index contributed by atoms with van der Waals surface area (Å²) in [5.74, 6) is -0.486. The van der Waals surface area contributed by atoms with Crippen molar-refractivity contribution in [1.29, 1.82) is 0 Å². The molecule has 1 aromatic rings. The average Bonchev–Trinajstić information content (AvgIpc) is 2.32. The molecule has 1 amide bonds. The van der Waals surface area contributed by atoms with Crippen LogP contribution in [0.25, 0.3) is 0 Å². The third-order valence-electron chi connectivity index (χ3n) is 2.60. The van der Waals surface area contributed by atoms with Crippen LogP contribution in [-0.2, 0) is 0 Å². The summed E-state index contributed by atoms with van der Waals surface area (Å²) in [6, 6.07) is 4.09. The lowest BCUT2D eigenvalue weighted by atomic mass is 10.1. The molecule has 2 N–H and O–H groups in total. The van der Waals surface area contributed by atoms with E-state index >= 15 is 0 Å². The second kappa shape index (κ2) is 7.48. The molecule has 1 aromatic carbocycles. The van der Waals surface area contributed by atoms with Crippen LogP contribution in [-0.4, -0.2) is 24.2 Å². The van der Waals surface area contributed by atoms with Crippen molar-refractivity contribution in [1.82, 2.24) is 5.32 Å². The molecule has 0 radical (unpaired) electrons. The van der Waals surface area contributed by atoms with Crippen LogP contribution in [0.1, 0.15) is 30.1 Å². The lowest BCUT2D eigenvalue weighted by Gasteiger charge is -2.08. The molecule has 5 heteroatoms. The first kappa shape index (κ1) is 15.1. The molecule has 0 aliphatic heterocycles. The Balaban J connectivity index is 2.41. The monoisotopic (exact) mass is 317 g/mol. The van der Waals surface area contributed by atoms with E-state index in [9.17, 15) is 9.18 Å². The van der Waals surface area contributed by atoms with Gasteiger partial charge in [-0.1, -0.05) is 22.9 Å². The molecule has 0 saturated heterocycles. The minimum atomic E-state index is -0.441. The van der Waals surface area contributed by atoms with Crippen LogP contribution in [0.15, 0.2) is 22.7 Å². The van der Waals surface area contributed by atoms with Gasteiger partial charge in [-0.15, -0.1) is 0 Å². The Hall–Kier alpha value is -0.940. The Bertz CT molecular complexity index is 392. The fraction of sp³-hybridized carbons (Fsp3) is 0.462. The van der Waals surface area contributed by atoms with Gasteiger partial charge in [-0.25, -0.2) is 4.39 Å². The Labute approximate surface area is 115 Å². The third kappa shape index (κ3) is 5.14. The van der Waals surface area contributed by atoms with Gasteiger partial charge < -0.3 is 10.4 Å². The van der Waals surface area contributed by atoms with Crippen molar-refractivity contribution < 1.29 is 14.3 Å². The van der Waals surface area contributed by atoms with E-state index in [1.807, 2.05) is 6.92 Å². The standard InChI is InChI=1S/C13H17BrFNO2/c1-9(8-17)3-2-4-16-13(18)10-5-11(14)7-12(15)6-10/h5-7,9,17H,2-4,8H2,1H3,(H,16,18). The van der Waals surface area contributed by atoms with Crippen molar-refractivity contribution in [2.45, 2.75) is 19.8 Å². The largest absolute Gasteiger partial charge is 0.396 e. The molecule has 0 fully saturated rings. The van der Waals surface area contributed by atoms with Crippen LogP contribution < -0.4 is 5.32 Å². The van der Waals surface area contributed by atoms with Gasteiger partial charge in [0, 0.05) is 23.2 Å². The Morgan fingerprint density at radius 2 is 2.22 bits per heavy atom. The van der Waals surface area contributed by atoms with Crippen LogP contribution >= 0.6 is 15.9 Å². The lowest BCUT2D eigenvalue weighted by Crippen LogP contribution is -2.25. The van der Waals surface area contributed by atoms with Gasteiger partial charge in [0.2, 0.25) is 0 Å².